The molecule has 0 amide bonds. The van der Waals surface area contributed by atoms with Crippen LogP contribution in [-0.2, 0) is 14.8 Å². The van der Waals surface area contributed by atoms with E-state index in [1.807, 2.05) is 32.9 Å². The summed E-state index contributed by atoms with van der Waals surface area (Å²) in [6.45, 7) is 5.42. The molecular weight excluding hydrogens is 362 g/mol. The van der Waals surface area contributed by atoms with Crippen molar-refractivity contribution in [3.8, 4) is 0 Å². The van der Waals surface area contributed by atoms with Crippen LogP contribution in [0.1, 0.15) is 23.1 Å². The first-order valence-electron chi connectivity index (χ1n) is 7.71. The average molecular weight is 382 g/mol. The SMILES string of the molecule is Cc1cc(C)c(N(CCC(=O)O)S(=O)(=O)c2ccc(Cl)cc2)c(C)c1. The first kappa shape index (κ1) is 19.3. The van der Waals surface area contributed by atoms with Crippen molar-refractivity contribution in [1.82, 2.24) is 0 Å². The Morgan fingerprint density at radius 2 is 1.60 bits per heavy atom. The third-order valence-electron chi connectivity index (χ3n) is 3.82. The number of rotatable bonds is 6. The topological polar surface area (TPSA) is 74.7 Å². The van der Waals surface area contributed by atoms with Gasteiger partial charge in [0.05, 0.1) is 17.0 Å². The normalized spacial score (nSPS) is 11.4. The number of hydrogen-bond donors (Lipinski definition) is 1. The summed E-state index contributed by atoms with van der Waals surface area (Å²) >= 11 is 5.84. The van der Waals surface area contributed by atoms with Gasteiger partial charge in [0.15, 0.2) is 0 Å². The van der Waals surface area contributed by atoms with Crippen molar-refractivity contribution in [1.29, 1.82) is 0 Å². The van der Waals surface area contributed by atoms with Crippen molar-refractivity contribution in [2.75, 3.05) is 10.8 Å². The van der Waals surface area contributed by atoms with Crippen molar-refractivity contribution >= 4 is 33.3 Å². The molecule has 0 saturated heterocycles. The first-order valence-corrected chi connectivity index (χ1v) is 9.52. The van der Waals surface area contributed by atoms with Crippen molar-refractivity contribution in [2.45, 2.75) is 32.1 Å². The number of aryl methyl sites for hydroxylation is 3. The molecule has 1 N–H and O–H groups in total. The Labute approximate surface area is 152 Å². The maximum atomic E-state index is 13.1. The van der Waals surface area contributed by atoms with Gasteiger partial charge < -0.3 is 5.11 Å². The van der Waals surface area contributed by atoms with Crippen LogP contribution in [0.15, 0.2) is 41.3 Å². The summed E-state index contributed by atoms with van der Waals surface area (Å²) in [5, 5.41) is 9.46. The highest BCUT2D eigenvalue weighted by molar-refractivity contribution is 7.92. The van der Waals surface area contributed by atoms with Crippen LogP contribution in [0.25, 0.3) is 0 Å². The van der Waals surface area contributed by atoms with Gasteiger partial charge in [-0.15, -0.1) is 0 Å². The molecule has 0 aliphatic carbocycles. The Morgan fingerprint density at radius 3 is 2.08 bits per heavy atom. The van der Waals surface area contributed by atoms with E-state index in [0.29, 0.717) is 10.7 Å². The van der Waals surface area contributed by atoms with Gasteiger partial charge in [-0.05, 0) is 56.2 Å². The largest absolute Gasteiger partial charge is 0.481 e. The number of halogens is 1. The van der Waals surface area contributed by atoms with E-state index in [2.05, 4.69) is 0 Å². The number of anilines is 1. The van der Waals surface area contributed by atoms with Gasteiger partial charge in [-0.25, -0.2) is 8.42 Å². The molecule has 0 saturated carbocycles. The zero-order valence-electron chi connectivity index (χ0n) is 14.3. The van der Waals surface area contributed by atoms with Gasteiger partial charge in [-0.3, -0.25) is 9.10 Å². The van der Waals surface area contributed by atoms with E-state index < -0.39 is 16.0 Å². The van der Waals surface area contributed by atoms with E-state index in [1.54, 1.807) is 0 Å². The number of carboxylic acid groups (broad SMARTS) is 1. The third kappa shape index (κ3) is 4.32. The van der Waals surface area contributed by atoms with E-state index >= 15 is 0 Å². The van der Waals surface area contributed by atoms with Crippen molar-refractivity contribution in [2.24, 2.45) is 0 Å². The molecule has 2 aromatic rings. The van der Waals surface area contributed by atoms with Crippen LogP contribution in [0.5, 0.6) is 0 Å². The van der Waals surface area contributed by atoms with Gasteiger partial charge in [-0.1, -0.05) is 29.3 Å². The van der Waals surface area contributed by atoms with Crippen LogP contribution in [0, 0.1) is 20.8 Å². The van der Waals surface area contributed by atoms with Crippen LogP contribution in [0.4, 0.5) is 5.69 Å². The number of benzene rings is 2. The van der Waals surface area contributed by atoms with E-state index in [4.69, 9.17) is 16.7 Å². The fraction of sp³-hybridized carbons (Fsp3) is 0.278. The minimum Gasteiger partial charge on any atom is -0.481 e. The summed E-state index contributed by atoms with van der Waals surface area (Å²) in [7, 11) is -3.91. The number of sulfonamides is 1. The van der Waals surface area contributed by atoms with Crippen LogP contribution in [0.2, 0.25) is 5.02 Å². The molecule has 0 bridgehead atoms. The molecule has 0 radical (unpaired) electrons. The maximum Gasteiger partial charge on any atom is 0.305 e. The first-order chi connectivity index (χ1) is 11.6. The molecule has 5 nitrogen and oxygen atoms in total. The fourth-order valence-corrected chi connectivity index (χ4v) is 4.57. The summed E-state index contributed by atoms with van der Waals surface area (Å²) in [5.41, 5.74) is 3.09. The molecule has 25 heavy (non-hydrogen) atoms. The molecule has 0 aromatic heterocycles. The molecule has 7 heteroatoms. The smallest absolute Gasteiger partial charge is 0.305 e. The van der Waals surface area contributed by atoms with Gasteiger partial charge in [0.2, 0.25) is 0 Å². The number of hydrogen-bond acceptors (Lipinski definition) is 3. The van der Waals surface area contributed by atoms with E-state index in [-0.39, 0.29) is 17.9 Å². The second-order valence-corrected chi connectivity index (χ2v) is 8.22. The van der Waals surface area contributed by atoms with Gasteiger partial charge in [0.1, 0.15) is 0 Å². The molecule has 2 rings (SSSR count). The summed E-state index contributed by atoms with van der Waals surface area (Å²) in [4.78, 5) is 11.1. The molecule has 134 valence electrons. The maximum absolute atomic E-state index is 13.1. The standard InChI is InChI=1S/C18H20ClNO4S/c1-12-10-13(2)18(14(3)11-12)20(9-8-17(21)22)25(23,24)16-6-4-15(19)5-7-16/h4-7,10-11H,8-9H2,1-3H3,(H,21,22). The predicted molar refractivity (Wildman–Crippen MR) is 98.9 cm³/mol. The van der Waals surface area contributed by atoms with Crippen LogP contribution < -0.4 is 4.31 Å². The van der Waals surface area contributed by atoms with Crippen molar-refractivity contribution in [3.05, 3.63) is 58.1 Å². The second-order valence-electron chi connectivity index (χ2n) is 5.92. The lowest BCUT2D eigenvalue weighted by molar-refractivity contribution is -0.136. The van der Waals surface area contributed by atoms with Crippen molar-refractivity contribution < 1.29 is 18.3 Å². The third-order valence-corrected chi connectivity index (χ3v) is 5.88. The van der Waals surface area contributed by atoms with Crippen LogP contribution in [-0.4, -0.2) is 26.0 Å². The number of carboxylic acids is 1. The Balaban J connectivity index is 2.60. The Hall–Kier alpha value is -2.05. The molecule has 0 heterocycles. The molecule has 0 aliphatic rings. The summed E-state index contributed by atoms with van der Waals surface area (Å²) < 4.78 is 27.4. The highest BCUT2D eigenvalue weighted by atomic mass is 35.5. The lowest BCUT2D eigenvalue weighted by Gasteiger charge is -2.27. The monoisotopic (exact) mass is 381 g/mol. The Morgan fingerprint density at radius 1 is 1.08 bits per heavy atom. The number of carbonyl (C=O) groups is 1. The minimum atomic E-state index is -3.91. The van der Waals surface area contributed by atoms with Gasteiger partial charge >= 0.3 is 5.97 Å². The molecule has 0 fully saturated rings. The molecule has 2 aromatic carbocycles. The molecular formula is C18H20ClNO4S. The zero-order chi connectivity index (χ0) is 18.8. The quantitative estimate of drug-likeness (QED) is 0.822. The summed E-state index contributed by atoms with van der Waals surface area (Å²) in [6, 6.07) is 9.60. The van der Waals surface area contributed by atoms with E-state index in [1.165, 1.54) is 28.6 Å². The van der Waals surface area contributed by atoms with Gasteiger partial charge in [0.25, 0.3) is 10.0 Å². The summed E-state index contributed by atoms with van der Waals surface area (Å²) in [6.07, 6.45) is -0.292. The Kier molecular flexibility index (Phi) is 5.75. The predicted octanol–water partition coefficient (Wildman–Crippen LogP) is 3.94. The second kappa shape index (κ2) is 7.45. The molecule has 0 aliphatic heterocycles. The van der Waals surface area contributed by atoms with Crippen LogP contribution in [0.3, 0.4) is 0 Å². The fourth-order valence-electron chi connectivity index (χ4n) is 2.85. The zero-order valence-corrected chi connectivity index (χ0v) is 15.9. The van der Waals surface area contributed by atoms with E-state index in [0.717, 1.165) is 16.7 Å². The molecule has 0 atom stereocenters. The highest BCUT2D eigenvalue weighted by Crippen LogP contribution is 2.31. The van der Waals surface area contributed by atoms with Gasteiger partial charge in [-0.2, -0.15) is 0 Å². The summed E-state index contributed by atoms with van der Waals surface area (Å²) in [5.74, 6) is -1.06. The number of nitrogens with zero attached hydrogens (tertiary/aromatic N) is 1. The number of aliphatic carboxylic acids is 1. The van der Waals surface area contributed by atoms with Gasteiger partial charge in [0, 0.05) is 11.6 Å². The molecule has 0 unspecified atom stereocenters. The lowest BCUT2D eigenvalue weighted by atomic mass is 10.1. The van der Waals surface area contributed by atoms with E-state index in [9.17, 15) is 13.2 Å². The lowest BCUT2D eigenvalue weighted by Crippen LogP contribution is -2.34. The highest BCUT2D eigenvalue weighted by Gasteiger charge is 2.28. The van der Waals surface area contributed by atoms with Crippen LogP contribution >= 0.6 is 11.6 Å². The molecule has 0 spiro atoms. The minimum absolute atomic E-state index is 0.0710. The Bertz CT molecular complexity index is 869. The van der Waals surface area contributed by atoms with Crippen molar-refractivity contribution in [3.63, 3.8) is 0 Å². The average Bonchev–Trinajstić information content (AvgIpc) is 2.49.